The van der Waals surface area contributed by atoms with Gasteiger partial charge in [0, 0.05) is 17.9 Å². The Hall–Kier alpha value is -3.04. The first-order chi connectivity index (χ1) is 12.6. The minimum atomic E-state index is -4.52. The number of halogens is 3. The Labute approximate surface area is 151 Å². The number of primary amides is 1. The van der Waals surface area contributed by atoms with Gasteiger partial charge in [0.1, 0.15) is 0 Å². The van der Waals surface area contributed by atoms with E-state index in [-0.39, 0.29) is 36.3 Å². The summed E-state index contributed by atoms with van der Waals surface area (Å²) < 4.78 is 43.1. The first kappa shape index (κ1) is 20.3. The van der Waals surface area contributed by atoms with Gasteiger partial charge in [-0.25, -0.2) is 0 Å². The van der Waals surface area contributed by atoms with Gasteiger partial charge in [-0.05, 0) is 24.6 Å². The van der Waals surface area contributed by atoms with E-state index >= 15 is 0 Å². The number of hydrogen-bond acceptors (Lipinski definition) is 4. The van der Waals surface area contributed by atoms with Crippen molar-refractivity contribution in [3.8, 4) is 0 Å². The van der Waals surface area contributed by atoms with Gasteiger partial charge in [-0.2, -0.15) is 13.2 Å². The number of hydrogen-bond donors (Lipinski definition) is 3. The van der Waals surface area contributed by atoms with Crippen LogP contribution < -0.4 is 11.3 Å². The quantitative estimate of drug-likeness (QED) is 0.630. The van der Waals surface area contributed by atoms with Crippen molar-refractivity contribution in [2.45, 2.75) is 31.9 Å². The van der Waals surface area contributed by atoms with Gasteiger partial charge in [0.05, 0.1) is 24.3 Å². The highest BCUT2D eigenvalue weighted by molar-refractivity contribution is 5.76. The summed E-state index contributed by atoms with van der Waals surface area (Å²) in [6, 6.07) is 4.07. The number of rotatable bonds is 7. The lowest BCUT2D eigenvalue weighted by atomic mass is 9.87. The summed E-state index contributed by atoms with van der Waals surface area (Å²) in [7, 11) is 0. The maximum absolute atomic E-state index is 12.8. The van der Waals surface area contributed by atoms with Crippen LogP contribution in [-0.4, -0.2) is 28.7 Å². The first-order valence-electron chi connectivity index (χ1n) is 8.04. The Kier molecular flexibility index (Phi) is 6.09. The zero-order valence-corrected chi connectivity index (χ0v) is 14.4. The number of alkyl halides is 3. The fourth-order valence-electron chi connectivity index (χ4n) is 2.76. The predicted molar refractivity (Wildman–Crippen MR) is 88.8 cm³/mol. The molecular formula is C17H18F3N3O4. The molecule has 0 aliphatic heterocycles. The van der Waals surface area contributed by atoms with Crippen LogP contribution in [0.1, 0.15) is 41.6 Å². The Morgan fingerprint density at radius 3 is 2.33 bits per heavy atom. The maximum Gasteiger partial charge on any atom is 0.416 e. The molecule has 0 aliphatic carbocycles. The van der Waals surface area contributed by atoms with Crippen LogP contribution >= 0.6 is 0 Å². The Balaban J connectivity index is 2.46. The number of carbonyl (C=O) groups is 2. The molecule has 146 valence electrons. The zero-order chi connectivity index (χ0) is 20.2. The van der Waals surface area contributed by atoms with Gasteiger partial charge in [-0.3, -0.25) is 19.5 Å². The minimum Gasteiger partial charge on any atom is -0.466 e. The average molecular weight is 385 g/mol. The minimum absolute atomic E-state index is 0.0570. The van der Waals surface area contributed by atoms with E-state index in [0.717, 1.165) is 12.1 Å². The van der Waals surface area contributed by atoms with E-state index in [0.29, 0.717) is 0 Å². The largest absolute Gasteiger partial charge is 0.466 e. The number of amides is 1. The van der Waals surface area contributed by atoms with Gasteiger partial charge in [0.15, 0.2) is 0 Å². The van der Waals surface area contributed by atoms with Gasteiger partial charge in [-0.15, -0.1) is 0 Å². The molecule has 0 fully saturated rings. The van der Waals surface area contributed by atoms with Crippen LogP contribution in [0.3, 0.4) is 0 Å². The molecule has 0 radical (unpaired) electrons. The van der Waals surface area contributed by atoms with E-state index in [4.69, 9.17) is 10.5 Å². The molecule has 0 aliphatic rings. The van der Waals surface area contributed by atoms with Crippen LogP contribution in [0.15, 0.2) is 29.1 Å². The molecule has 0 saturated heterocycles. The lowest BCUT2D eigenvalue weighted by Crippen LogP contribution is -2.22. The smallest absolute Gasteiger partial charge is 0.416 e. The average Bonchev–Trinajstić information content (AvgIpc) is 2.92. The number of aromatic nitrogens is 2. The summed E-state index contributed by atoms with van der Waals surface area (Å²) in [6.07, 6.45) is -5.10. The molecule has 0 bridgehead atoms. The molecule has 2 rings (SSSR count). The highest BCUT2D eigenvalue weighted by Gasteiger charge is 2.31. The van der Waals surface area contributed by atoms with Crippen molar-refractivity contribution in [1.29, 1.82) is 0 Å². The topological polar surface area (TPSA) is 118 Å². The SMILES string of the molecule is CCOC(=O)Cc1[nH][nH]c(=O)c1C(CC(N)=O)c1ccc(C(F)(F)F)cc1. The van der Waals surface area contributed by atoms with Crippen molar-refractivity contribution in [1.82, 2.24) is 10.2 Å². The lowest BCUT2D eigenvalue weighted by molar-refractivity contribution is -0.142. The molecule has 2 aromatic rings. The lowest BCUT2D eigenvalue weighted by Gasteiger charge is -2.16. The normalized spacial score (nSPS) is 12.6. The highest BCUT2D eigenvalue weighted by Crippen LogP contribution is 2.33. The number of esters is 1. The zero-order valence-electron chi connectivity index (χ0n) is 14.4. The summed E-state index contributed by atoms with van der Waals surface area (Å²) in [5.74, 6) is -2.26. The van der Waals surface area contributed by atoms with Crippen LogP contribution in [0, 0.1) is 0 Å². The summed E-state index contributed by atoms with van der Waals surface area (Å²) in [5.41, 5.74) is 4.32. The summed E-state index contributed by atoms with van der Waals surface area (Å²) >= 11 is 0. The predicted octanol–water partition coefficient (Wildman–Crippen LogP) is 1.83. The fraction of sp³-hybridized carbons (Fsp3) is 0.353. The van der Waals surface area contributed by atoms with Crippen LogP contribution in [0.25, 0.3) is 0 Å². The monoisotopic (exact) mass is 385 g/mol. The third-order valence-electron chi connectivity index (χ3n) is 3.92. The van der Waals surface area contributed by atoms with Gasteiger partial charge >= 0.3 is 12.1 Å². The number of nitrogens with two attached hydrogens (primary N) is 1. The molecule has 7 nitrogen and oxygen atoms in total. The first-order valence-corrected chi connectivity index (χ1v) is 8.04. The molecule has 1 heterocycles. The molecule has 1 aromatic heterocycles. The molecule has 0 spiro atoms. The van der Waals surface area contributed by atoms with E-state index < -0.39 is 35.1 Å². The van der Waals surface area contributed by atoms with Crippen LogP contribution in [0.4, 0.5) is 13.2 Å². The molecule has 1 amide bonds. The van der Waals surface area contributed by atoms with Crippen molar-refractivity contribution in [3.63, 3.8) is 0 Å². The number of ether oxygens (including phenoxy) is 1. The molecule has 1 atom stereocenters. The van der Waals surface area contributed by atoms with E-state index in [1.807, 2.05) is 0 Å². The van der Waals surface area contributed by atoms with Gasteiger partial charge in [0.25, 0.3) is 5.56 Å². The standard InChI is InChI=1S/C17H18F3N3O4/c1-2-27-14(25)8-12-15(16(26)23-22-12)11(7-13(21)24)9-3-5-10(6-4-9)17(18,19)20/h3-6,11H,2,7-8H2,1H3,(H2,21,24)(H2,22,23,26). The molecule has 1 aromatic carbocycles. The van der Waals surface area contributed by atoms with Crippen molar-refractivity contribution in [2.24, 2.45) is 5.73 Å². The van der Waals surface area contributed by atoms with Gasteiger partial charge in [-0.1, -0.05) is 12.1 Å². The molecular weight excluding hydrogens is 367 g/mol. The second kappa shape index (κ2) is 8.11. The van der Waals surface area contributed by atoms with E-state index in [1.54, 1.807) is 6.92 Å². The van der Waals surface area contributed by atoms with Gasteiger partial charge < -0.3 is 15.6 Å². The van der Waals surface area contributed by atoms with Crippen LogP contribution in [-0.2, 0) is 26.9 Å². The third-order valence-corrected chi connectivity index (χ3v) is 3.92. The van der Waals surface area contributed by atoms with E-state index in [2.05, 4.69) is 10.2 Å². The maximum atomic E-state index is 12.8. The summed E-state index contributed by atoms with van der Waals surface area (Å²) in [5, 5.41) is 4.88. The van der Waals surface area contributed by atoms with Crippen molar-refractivity contribution >= 4 is 11.9 Å². The molecule has 4 N–H and O–H groups in total. The second-order valence-electron chi connectivity index (χ2n) is 5.80. The van der Waals surface area contributed by atoms with Crippen LogP contribution in [0.5, 0.6) is 0 Å². The molecule has 10 heteroatoms. The highest BCUT2D eigenvalue weighted by atomic mass is 19.4. The summed E-state index contributed by atoms with van der Waals surface area (Å²) in [4.78, 5) is 35.4. The fourth-order valence-corrected chi connectivity index (χ4v) is 2.76. The van der Waals surface area contributed by atoms with E-state index in [9.17, 15) is 27.6 Å². The molecule has 27 heavy (non-hydrogen) atoms. The third kappa shape index (κ3) is 4.99. The summed E-state index contributed by atoms with van der Waals surface area (Å²) in [6.45, 7) is 1.77. The van der Waals surface area contributed by atoms with Gasteiger partial charge in [0.2, 0.25) is 5.91 Å². The van der Waals surface area contributed by atoms with Crippen molar-refractivity contribution < 1.29 is 27.5 Å². The number of benzene rings is 1. The Morgan fingerprint density at radius 1 is 1.19 bits per heavy atom. The van der Waals surface area contributed by atoms with Crippen molar-refractivity contribution in [3.05, 3.63) is 57.0 Å². The Bertz CT molecular complexity index is 869. The van der Waals surface area contributed by atoms with Crippen LogP contribution in [0.2, 0.25) is 0 Å². The number of nitrogens with one attached hydrogen (secondary N) is 2. The number of carbonyl (C=O) groups excluding carboxylic acids is 2. The molecule has 0 saturated carbocycles. The van der Waals surface area contributed by atoms with Crippen molar-refractivity contribution in [2.75, 3.05) is 6.61 Å². The number of aromatic amines is 2. The number of H-pyrrole nitrogens is 2. The Morgan fingerprint density at radius 2 is 1.81 bits per heavy atom. The molecule has 1 unspecified atom stereocenters. The van der Waals surface area contributed by atoms with E-state index in [1.165, 1.54) is 12.1 Å². The second-order valence-corrected chi connectivity index (χ2v) is 5.80.